The molecule has 8 heteroatoms. The number of likely N-dealkylation sites (tertiary alicyclic amines) is 1. The Bertz CT molecular complexity index is 1270. The number of anilines is 1. The number of piperidine rings is 1. The summed E-state index contributed by atoms with van der Waals surface area (Å²) in [6.45, 7) is 8.56. The van der Waals surface area contributed by atoms with Gasteiger partial charge < -0.3 is 24.8 Å². The summed E-state index contributed by atoms with van der Waals surface area (Å²) in [6, 6.07) is 14.5. The minimum Gasteiger partial charge on any atom is -0.444 e. The Kier molecular flexibility index (Phi) is 6.69. The van der Waals surface area contributed by atoms with Crippen molar-refractivity contribution in [2.24, 2.45) is 0 Å². The summed E-state index contributed by atoms with van der Waals surface area (Å²) in [5, 5.41) is 5.47. The SMILES string of the molecule is CC(C)(C)OC(=O)N1CCC(NC(=O)c2ccc3[nH]c4c(c3c2)CN(c2ccc(P)cc2)CC4)CC1. The third-order valence-electron chi connectivity index (χ3n) is 6.98. The zero-order chi connectivity index (χ0) is 25.4. The van der Waals surface area contributed by atoms with Gasteiger partial charge in [0.25, 0.3) is 5.91 Å². The molecule has 36 heavy (non-hydrogen) atoms. The third kappa shape index (κ3) is 5.36. The lowest BCUT2D eigenvalue weighted by Crippen LogP contribution is -2.47. The Morgan fingerprint density at radius 1 is 1.06 bits per heavy atom. The van der Waals surface area contributed by atoms with Crippen molar-refractivity contribution in [3.8, 4) is 0 Å². The van der Waals surface area contributed by atoms with Gasteiger partial charge in [-0.05, 0) is 69.2 Å². The van der Waals surface area contributed by atoms with Gasteiger partial charge in [-0.25, -0.2) is 4.79 Å². The monoisotopic (exact) mass is 506 g/mol. The van der Waals surface area contributed by atoms with Crippen molar-refractivity contribution in [3.05, 3.63) is 59.3 Å². The van der Waals surface area contributed by atoms with E-state index in [9.17, 15) is 9.59 Å². The smallest absolute Gasteiger partial charge is 0.410 e. The summed E-state index contributed by atoms with van der Waals surface area (Å²) in [6.07, 6.45) is 2.10. The highest BCUT2D eigenvalue weighted by molar-refractivity contribution is 7.27. The number of hydrogen-bond donors (Lipinski definition) is 2. The molecule has 1 atom stereocenters. The van der Waals surface area contributed by atoms with Crippen molar-refractivity contribution >= 4 is 43.1 Å². The van der Waals surface area contributed by atoms with Crippen molar-refractivity contribution in [2.75, 3.05) is 24.5 Å². The molecule has 2 aliphatic heterocycles. The Hall–Kier alpha value is -3.05. The van der Waals surface area contributed by atoms with E-state index in [1.165, 1.54) is 22.2 Å². The average Bonchev–Trinajstić information content (AvgIpc) is 3.21. The van der Waals surface area contributed by atoms with Crippen LogP contribution in [-0.4, -0.2) is 53.2 Å². The van der Waals surface area contributed by atoms with Gasteiger partial charge in [-0.1, -0.05) is 12.1 Å². The van der Waals surface area contributed by atoms with Crippen LogP contribution in [0.4, 0.5) is 10.5 Å². The molecule has 5 rings (SSSR count). The first-order valence-corrected chi connectivity index (χ1v) is 13.3. The van der Waals surface area contributed by atoms with Crippen LogP contribution in [0.1, 0.15) is 55.2 Å². The number of carbonyl (C=O) groups is 2. The predicted octanol–water partition coefficient (Wildman–Crippen LogP) is 4.36. The van der Waals surface area contributed by atoms with Crippen LogP contribution in [0.25, 0.3) is 10.9 Å². The fourth-order valence-electron chi connectivity index (χ4n) is 5.06. The molecule has 1 saturated heterocycles. The Labute approximate surface area is 214 Å². The van der Waals surface area contributed by atoms with Crippen LogP contribution >= 0.6 is 9.24 Å². The number of benzene rings is 2. The number of rotatable bonds is 3. The molecule has 190 valence electrons. The van der Waals surface area contributed by atoms with Gasteiger partial charge in [-0.2, -0.15) is 0 Å². The molecule has 0 aliphatic carbocycles. The Morgan fingerprint density at radius 2 is 1.78 bits per heavy atom. The molecule has 0 spiro atoms. The van der Waals surface area contributed by atoms with Gasteiger partial charge in [0.15, 0.2) is 0 Å². The lowest BCUT2D eigenvalue weighted by molar-refractivity contribution is 0.0199. The molecule has 7 nitrogen and oxygen atoms in total. The molecule has 0 radical (unpaired) electrons. The number of hydrogen-bond acceptors (Lipinski definition) is 4. The van der Waals surface area contributed by atoms with Crippen LogP contribution in [0.5, 0.6) is 0 Å². The van der Waals surface area contributed by atoms with E-state index >= 15 is 0 Å². The molecule has 2 aromatic carbocycles. The summed E-state index contributed by atoms with van der Waals surface area (Å²) in [4.78, 5) is 33.1. The second kappa shape index (κ2) is 9.78. The van der Waals surface area contributed by atoms with Crippen LogP contribution in [0.3, 0.4) is 0 Å². The van der Waals surface area contributed by atoms with Crippen LogP contribution in [0.2, 0.25) is 0 Å². The van der Waals surface area contributed by atoms with E-state index in [-0.39, 0.29) is 18.0 Å². The van der Waals surface area contributed by atoms with Gasteiger partial charge in [-0.3, -0.25) is 4.79 Å². The van der Waals surface area contributed by atoms with E-state index in [2.05, 4.69) is 48.7 Å². The van der Waals surface area contributed by atoms with Gasteiger partial charge in [0.1, 0.15) is 5.60 Å². The van der Waals surface area contributed by atoms with Crippen molar-refractivity contribution in [1.29, 1.82) is 0 Å². The molecular formula is C28H35N4O3P. The number of aromatic nitrogens is 1. The molecule has 3 heterocycles. The minimum absolute atomic E-state index is 0.0437. The lowest BCUT2D eigenvalue weighted by Gasteiger charge is -2.33. The highest BCUT2D eigenvalue weighted by Gasteiger charge is 2.28. The Morgan fingerprint density at radius 3 is 2.47 bits per heavy atom. The number of nitrogens with one attached hydrogen (secondary N) is 2. The van der Waals surface area contributed by atoms with Gasteiger partial charge in [0, 0.05) is 72.1 Å². The first kappa shape index (κ1) is 24.6. The molecule has 2 amide bonds. The second-order valence-corrected chi connectivity index (χ2v) is 11.5. The second-order valence-electron chi connectivity index (χ2n) is 10.8. The number of carbonyl (C=O) groups excluding carboxylic acids is 2. The van der Waals surface area contributed by atoms with Gasteiger partial charge in [0.2, 0.25) is 0 Å². The topological polar surface area (TPSA) is 77.7 Å². The maximum Gasteiger partial charge on any atom is 0.410 e. The molecule has 2 N–H and O–H groups in total. The fourth-order valence-corrected chi connectivity index (χ4v) is 5.25. The number of H-pyrrole nitrogens is 1. The average molecular weight is 507 g/mol. The van der Waals surface area contributed by atoms with Crippen LogP contribution in [0.15, 0.2) is 42.5 Å². The highest BCUT2D eigenvalue weighted by atomic mass is 31.0. The van der Waals surface area contributed by atoms with E-state index < -0.39 is 5.60 Å². The molecule has 1 aromatic heterocycles. The zero-order valence-electron chi connectivity index (χ0n) is 21.3. The van der Waals surface area contributed by atoms with Crippen molar-refractivity contribution in [2.45, 2.75) is 58.2 Å². The molecule has 2 aliphatic rings. The van der Waals surface area contributed by atoms with Crippen molar-refractivity contribution < 1.29 is 14.3 Å². The molecule has 1 unspecified atom stereocenters. The minimum atomic E-state index is -0.505. The van der Waals surface area contributed by atoms with E-state index in [1.807, 2.05) is 39.0 Å². The van der Waals surface area contributed by atoms with Crippen molar-refractivity contribution in [1.82, 2.24) is 15.2 Å². The van der Waals surface area contributed by atoms with E-state index in [0.717, 1.165) is 43.3 Å². The zero-order valence-corrected chi connectivity index (χ0v) is 22.4. The maximum absolute atomic E-state index is 13.1. The van der Waals surface area contributed by atoms with Crippen LogP contribution < -0.4 is 15.5 Å². The first-order valence-electron chi connectivity index (χ1n) is 12.7. The number of fused-ring (bicyclic) bond motifs is 3. The van der Waals surface area contributed by atoms with Crippen molar-refractivity contribution in [3.63, 3.8) is 0 Å². The Balaban J connectivity index is 1.25. The molecule has 0 bridgehead atoms. The van der Waals surface area contributed by atoms with Crippen LogP contribution in [0, 0.1) is 0 Å². The van der Waals surface area contributed by atoms with E-state index in [4.69, 9.17) is 4.74 Å². The maximum atomic E-state index is 13.1. The largest absolute Gasteiger partial charge is 0.444 e. The molecule has 1 fully saturated rings. The fraction of sp³-hybridized carbons (Fsp3) is 0.429. The third-order valence-corrected chi connectivity index (χ3v) is 7.36. The standard InChI is InChI=1S/C28H35N4O3P/c1-28(2,3)35-27(34)31-13-10-19(11-14-31)29-26(33)18-4-9-24-22(16-18)23-17-32(15-12-25(23)30-24)20-5-7-21(36)8-6-20/h4-9,16,19,30H,10-15,17,36H2,1-3H3,(H,29,33). The number of amides is 2. The van der Waals surface area contributed by atoms with Gasteiger partial charge in [0.05, 0.1) is 0 Å². The van der Waals surface area contributed by atoms with Gasteiger partial charge in [-0.15, -0.1) is 9.24 Å². The number of ether oxygens (including phenoxy) is 1. The summed E-state index contributed by atoms with van der Waals surface area (Å²) in [5.41, 5.74) is 4.98. The normalized spacial score (nSPS) is 16.7. The number of nitrogens with zero attached hydrogens (tertiary/aromatic N) is 2. The lowest BCUT2D eigenvalue weighted by atomic mass is 10.0. The molecule has 0 saturated carbocycles. The quantitative estimate of drug-likeness (QED) is 0.518. The van der Waals surface area contributed by atoms with Crippen LogP contribution in [-0.2, 0) is 17.7 Å². The summed E-state index contributed by atoms with van der Waals surface area (Å²) < 4.78 is 5.47. The summed E-state index contributed by atoms with van der Waals surface area (Å²) >= 11 is 0. The van der Waals surface area contributed by atoms with Gasteiger partial charge >= 0.3 is 6.09 Å². The summed E-state index contributed by atoms with van der Waals surface area (Å²) in [7, 11) is 2.73. The van der Waals surface area contributed by atoms with E-state index in [1.54, 1.807) is 4.90 Å². The van der Waals surface area contributed by atoms with E-state index in [0.29, 0.717) is 18.7 Å². The molecular weight excluding hydrogens is 471 g/mol. The number of aromatic amines is 1. The molecule has 3 aromatic rings. The highest BCUT2D eigenvalue weighted by Crippen LogP contribution is 2.31. The predicted molar refractivity (Wildman–Crippen MR) is 147 cm³/mol. The summed E-state index contributed by atoms with van der Waals surface area (Å²) in [5.74, 6) is -0.0636. The first-order chi connectivity index (χ1) is 17.2.